The van der Waals surface area contributed by atoms with E-state index in [9.17, 15) is 9.18 Å². The van der Waals surface area contributed by atoms with Crippen molar-refractivity contribution in [3.8, 4) is 11.5 Å². The smallest absolute Gasteiger partial charge is 0.292 e. The van der Waals surface area contributed by atoms with Crippen LogP contribution < -0.4 is 11.1 Å². The van der Waals surface area contributed by atoms with Crippen molar-refractivity contribution in [2.75, 3.05) is 5.73 Å². The van der Waals surface area contributed by atoms with Crippen molar-refractivity contribution in [3.63, 3.8) is 0 Å². The molecule has 0 bridgehead atoms. The maximum Gasteiger partial charge on any atom is 0.292 e. The first kappa shape index (κ1) is 11.6. The van der Waals surface area contributed by atoms with E-state index < -0.39 is 5.82 Å². The number of nitrogen functional groups attached to an aromatic ring is 1. The molecule has 98 valence electrons. The Balaban J connectivity index is 1.85. The van der Waals surface area contributed by atoms with Crippen molar-refractivity contribution in [3.05, 3.63) is 29.8 Å². The molecule has 1 amide bonds. The predicted octanol–water partition coefficient (Wildman–Crippen LogP) is 1.35. The Morgan fingerprint density at radius 1 is 1.47 bits per heavy atom. The molecule has 0 atom stereocenters. The van der Waals surface area contributed by atoms with Crippen LogP contribution in [0.5, 0.6) is 0 Å². The fourth-order valence-electron chi connectivity index (χ4n) is 1.63. The lowest BCUT2D eigenvalue weighted by atomic mass is 10.2. The van der Waals surface area contributed by atoms with Gasteiger partial charge in [-0.05, 0) is 31.0 Å². The first-order chi connectivity index (χ1) is 9.13. The summed E-state index contributed by atoms with van der Waals surface area (Å²) in [7, 11) is 0. The minimum absolute atomic E-state index is 0.0503. The average molecular weight is 262 g/mol. The molecular weight excluding hydrogens is 251 g/mol. The zero-order valence-electron chi connectivity index (χ0n) is 9.89. The van der Waals surface area contributed by atoms with Crippen molar-refractivity contribution in [1.29, 1.82) is 0 Å². The lowest BCUT2D eigenvalue weighted by Gasteiger charge is -1.99. The first-order valence-electron chi connectivity index (χ1n) is 5.83. The summed E-state index contributed by atoms with van der Waals surface area (Å²) in [6.45, 7) is 0. The molecule has 3 N–H and O–H groups in total. The third-order valence-electron chi connectivity index (χ3n) is 2.79. The van der Waals surface area contributed by atoms with Crippen LogP contribution in [-0.4, -0.2) is 22.1 Å². The molecule has 1 heterocycles. The molecule has 7 heteroatoms. The van der Waals surface area contributed by atoms with Gasteiger partial charge in [0.15, 0.2) is 0 Å². The van der Waals surface area contributed by atoms with E-state index in [0.717, 1.165) is 18.9 Å². The summed E-state index contributed by atoms with van der Waals surface area (Å²) in [6.07, 6.45) is 1.95. The van der Waals surface area contributed by atoms with Gasteiger partial charge >= 0.3 is 0 Å². The van der Waals surface area contributed by atoms with Gasteiger partial charge in [-0.3, -0.25) is 4.79 Å². The van der Waals surface area contributed by atoms with Gasteiger partial charge in [0, 0.05) is 11.7 Å². The van der Waals surface area contributed by atoms with Crippen molar-refractivity contribution in [1.82, 2.24) is 15.5 Å². The summed E-state index contributed by atoms with van der Waals surface area (Å²) < 4.78 is 17.9. The maximum atomic E-state index is 12.9. The Morgan fingerprint density at radius 2 is 2.26 bits per heavy atom. The Kier molecular flexibility index (Phi) is 2.66. The topological polar surface area (TPSA) is 94.0 Å². The van der Waals surface area contributed by atoms with Crippen molar-refractivity contribution >= 4 is 11.6 Å². The quantitative estimate of drug-likeness (QED) is 0.814. The number of hydrogen-bond donors (Lipinski definition) is 2. The molecule has 0 radical (unpaired) electrons. The number of nitrogens with one attached hydrogen (secondary N) is 1. The van der Waals surface area contributed by atoms with E-state index in [1.165, 1.54) is 12.1 Å². The van der Waals surface area contributed by atoms with E-state index in [1.807, 2.05) is 0 Å². The number of hydrogen-bond acceptors (Lipinski definition) is 5. The Hall–Kier alpha value is -2.44. The second-order valence-corrected chi connectivity index (χ2v) is 4.40. The molecule has 1 aliphatic carbocycles. The minimum atomic E-state index is -0.451. The highest BCUT2D eigenvalue weighted by atomic mass is 19.1. The Bertz CT molecular complexity index is 636. The second kappa shape index (κ2) is 4.34. The summed E-state index contributed by atoms with van der Waals surface area (Å²) in [5.41, 5.74) is 6.24. The number of aromatic nitrogens is 2. The van der Waals surface area contributed by atoms with Crippen molar-refractivity contribution in [2.45, 2.75) is 18.9 Å². The van der Waals surface area contributed by atoms with E-state index >= 15 is 0 Å². The zero-order chi connectivity index (χ0) is 13.4. The SMILES string of the molecule is Nc1cc(F)ccc1-c1nc(C(=O)NC2CC2)no1. The molecule has 0 aliphatic heterocycles. The normalized spacial score (nSPS) is 14.4. The summed E-state index contributed by atoms with van der Waals surface area (Å²) in [5.74, 6) is -0.783. The molecule has 0 saturated heterocycles. The standard InChI is InChI=1S/C12H11FN4O2/c13-6-1-4-8(9(14)5-6)12-16-10(17-19-12)11(18)15-7-2-3-7/h1,4-5,7H,2-3,14H2,(H,15,18). The van der Waals surface area contributed by atoms with Gasteiger partial charge in [0.2, 0.25) is 0 Å². The molecule has 3 rings (SSSR count). The number of amides is 1. The highest BCUT2D eigenvalue weighted by Crippen LogP contribution is 2.25. The van der Waals surface area contributed by atoms with Crippen molar-refractivity contribution < 1.29 is 13.7 Å². The first-order valence-corrected chi connectivity index (χ1v) is 5.83. The molecule has 1 aromatic heterocycles. The second-order valence-electron chi connectivity index (χ2n) is 4.40. The van der Waals surface area contributed by atoms with Crippen LogP contribution in [0.4, 0.5) is 10.1 Å². The predicted molar refractivity (Wildman–Crippen MR) is 64.6 cm³/mol. The van der Waals surface area contributed by atoms with Gasteiger partial charge in [-0.15, -0.1) is 0 Å². The van der Waals surface area contributed by atoms with E-state index in [1.54, 1.807) is 0 Å². The molecule has 1 aliphatic rings. The van der Waals surface area contributed by atoms with Gasteiger partial charge in [0.1, 0.15) is 5.82 Å². The Morgan fingerprint density at radius 3 is 2.95 bits per heavy atom. The number of benzene rings is 1. The van der Waals surface area contributed by atoms with Crippen LogP contribution in [0.1, 0.15) is 23.5 Å². The van der Waals surface area contributed by atoms with Crippen LogP contribution in [-0.2, 0) is 0 Å². The van der Waals surface area contributed by atoms with Crippen LogP contribution >= 0.6 is 0 Å². The van der Waals surface area contributed by atoms with Gasteiger partial charge in [-0.25, -0.2) is 4.39 Å². The lowest BCUT2D eigenvalue weighted by molar-refractivity contribution is 0.0937. The molecule has 1 saturated carbocycles. The van der Waals surface area contributed by atoms with E-state index in [-0.39, 0.29) is 29.4 Å². The zero-order valence-corrected chi connectivity index (χ0v) is 9.89. The maximum absolute atomic E-state index is 12.9. The summed E-state index contributed by atoms with van der Waals surface area (Å²) >= 11 is 0. The van der Waals surface area contributed by atoms with Crippen LogP contribution in [0.25, 0.3) is 11.5 Å². The summed E-state index contributed by atoms with van der Waals surface area (Å²) in [6, 6.07) is 4.04. The van der Waals surface area contributed by atoms with Gasteiger partial charge in [-0.2, -0.15) is 4.98 Å². The number of nitrogens with zero attached hydrogens (tertiary/aromatic N) is 2. The third-order valence-corrected chi connectivity index (χ3v) is 2.79. The van der Waals surface area contributed by atoms with Crippen LogP contribution in [0, 0.1) is 5.82 Å². The minimum Gasteiger partial charge on any atom is -0.398 e. The molecular formula is C12H11FN4O2. The summed E-state index contributed by atoms with van der Waals surface area (Å²) in [5, 5.41) is 6.33. The number of nitrogens with two attached hydrogens (primary N) is 1. The fraction of sp³-hybridized carbons (Fsp3) is 0.250. The Labute approximate surface area is 107 Å². The number of carbonyl (C=O) groups is 1. The summed E-state index contributed by atoms with van der Waals surface area (Å²) in [4.78, 5) is 15.7. The van der Waals surface area contributed by atoms with Gasteiger partial charge in [0.05, 0.1) is 5.56 Å². The molecule has 2 aromatic rings. The molecule has 0 unspecified atom stereocenters. The molecule has 1 aromatic carbocycles. The monoisotopic (exact) mass is 262 g/mol. The highest BCUT2D eigenvalue weighted by molar-refractivity contribution is 5.91. The number of rotatable bonds is 3. The number of carbonyl (C=O) groups excluding carboxylic acids is 1. The lowest BCUT2D eigenvalue weighted by Crippen LogP contribution is -2.26. The number of anilines is 1. The van der Waals surface area contributed by atoms with Gasteiger partial charge in [-0.1, -0.05) is 5.16 Å². The van der Waals surface area contributed by atoms with Crippen molar-refractivity contribution in [2.24, 2.45) is 0 Å². The van der Waals surface area contributed by atoms with E-state index in [0.29, 0.717) is 5.56 Å². The van der Waals surface area contributed by atoms with Gasteiger partial charge in [0.25, 0.3) is 17.6 Å². The molecule has 6 nitrogen and oxygen atoms in total. The van der Waals surface area contributed by atoms with E-state index in [4.69, 9.17) is 10.3 Å². The number of halogens is 1. The van der Waals surface area contributed by atoms with E-state index in [2.05, 4.69) is 15.5 Å². The largest absolute Gasteiger partial charge is 0.398 e. The van der Waals surface area contributed by atoms with Crippen LogP contribution in [0.15, 0.2) is 22.7 Å². The molecule has 1 fully saturated rings. The average Bonchev–Trinajstić information content (AvgIpc) is 3.04. The fourth-order valence-corrected chi connectivity index (χ4v) is 1.63. The third kappa shape index (κ3) is 2.40. The molecule has 19 heavy (non-hydrogen) atoms. The highest BCUT2D eigenvalue weighted by Gasteiger charge is 2.26. The molecule has 0 spiro atoms. The van der Waals surface area contributed by atoms with Gasteiger partial charge < -0.3 is 15.6 Å². The van der Waals surface area contributed by atoms with Crippen LogP contribution in [0.2, 0.25) is 0 Å². The van der Waals surface area contributed by atoms with Crippen LogP contribution in [0.3, 0.4) is 0 Å².